The van der Waals surface area contributed by atoms with E-state index in [2.05, 4.69) is 10.5 Å². The third-order valence-corrected chi connectivity index (χ3v) is 6.81. The molecular formula is C19H19ClN4O5S. The number of halogens is 1. The number of nitrogens with zero attached hydrogens (tertiary/aromatic N) is 3. The molecular weight excluding hydrogens is 432 g/mol. The van der Waals surface area contributed by atoms with E-state index in [9.17, 15) is 23.3 Å². The number of amides is 1. The van der Waals surface area contributed by atoms with Crippen LogP contribution in [0, 0.1) is 10.1 Å². The summed E-state index contributed by atoms with van der Waals surface area (Å²) in [5.41, 5.74) is 2.51. The second kappa shape index (κ2) is 9.33. The van der Waals surface area contributed by atoms with E-state index in [1.54, 1.807) is 0 Å². The quantitative estimate of drug-likeness (QED) is 0.411. The van der Waals surface area contributed by atoms with Gasteiger partial charge in [0.25, 0.3) is 11.6 Å². The van der Waals surface area contributed by atoms with Gasteiger partial charge in [0, 0.05) is 30.3 Å². The Bertz CT molecular complexity index is 1100. The summed E-state index contributed by atoms with van der Waals surface area (Å²) in [6, 6.07) is 9.84. The lowest BCUT2D eigenvalue weighted by molar-refractivity contribution is -0.384. The average Bonchev–Trinajstić information content (AvgIpc) is 2.75. The molecule has 9 nitrogen and oxygen atoms in total. The van der Waals surface area contributed by atoms with Gasteiger partial charge in [-0.3, -0.25) is 14.9 Å². The number of benzene rings is 2. The number of nitrogens with one attached hydrogen (secondary N) is 1. The predicted octanol–water partition coefficient (Wildman–Crippen LogP) is 3.19. The van der Waals surface area contributed by atoms with E-state index in [-0.39, 0.29) is 21.2 Å². The van der Waals surface area contributed by atoms with E-state index >= 15 is 0 Å². The lowest BCUT2D eigenvalue weighted by Crippen LogP contribution is -2.35. The normalized spacial score (nSPS) is 15.2. The van der Waals surface area contributed by atoms with Crippen LogP contribution in [0.25, 0.3) is 0 Å². The Kier molecular flexibility index (Phi) is 6.80. The van der Waals surface area contributed by atoms with Crippen molar-refractivity contribution >= 4 is 39.4 Å². The number of hydrazone groups is 1. The van der Waals surface area contributed by atoms with Gasteiger partial charge in [0.1, 0.15) is 5.02 Å². The maximum Gasteiger partial charge on any atom is 0.288 e. The zero-order chi connectivity index (χ0) is 21.7. The minimum Gasteiger partial charge on any atom is -0.267 e. The Balaban J connectivity index is 1.72. The first kappa shape index (κ1) is 21.9. The maximum absolute atomic E-state index is 12.8. The van der Waals surface area contributed by atoms with Gasteiger partial charge in [-0.15, -0.1) is 0 Å². The summed E-state index contributed by atoms with van der Waals surface area (Å²) in [5, 5.41) is 14.7. The standard InChI is InChI=1S/C19H19ClN4O5S/c20-17-8-7-14(11-18(17)24(26)27)13-21-22-19(25)15-5-4-6-16(12-15)30(28,29)23-9-2-1-3-10-23/h4-8,11-13H,1-3,9-10H2,(H,22,25)/b21-13-. The Morgan fingerprint density at radius 3 is 2.60 bits per heavy atom. The molecule has 1 aliphatic rings. The lowest BCUT2D eigenvalue weighted by Gasteiger charge is -2.25. The lowest BCUT2D eigenvalue weighted by atomic mass is 10.2. The highest BCUT2D eigenvalue weighted by molar-refractivity contribution is 7.89. The smallest absolute Gasteiger partial charge is 0.267 e. The number of nitro groups is 1. The van der Waals surface area contributed by atoms with Crippen molar-refractivity contribution in [3.63, 3.8) is 0 Å². The van der Waals surface area contributed by atoms with E-state index in [1.165, 1.54) is 53.0 Å². The first-order valence-electron chi connectivity index (χ1n) is 9.16. The zero-order valence-electron chi connectivity index (χ0n) is 15.8. The third kappa shape index (κ3) is 5.02. The Morgan fingerprint density at radius 2 is 1.90 bits per heavy atom. The minimum absolute atomic E-state index is 0.00656. The number of hydrogen-bond donors (Lipinski definition) is 1. The molecule has 0 atom stereocenters. The molecule has 0 aromatic heterocycles. The van der Waals surface area contributed by atoms with E-state index in [1.807, 2.05) is 0 Å². The molecule has 0 radical (unpaired) electrons. The molecule has 0 bridgehead atoms. The molecule has 1 aliphatic heterocycles. The fourth-order valence-electron chi connectivity index (χ4n) is 3.03. The highest BCUT2D eigenvalue weighted by atomic mass is 35.5. The second-order valence-electron chi connectivity index (χ2n) is 6.66. The van der Waals surface area contributed by atoms with Crippen LogP contribution in [0.4, 0.5) is 5.69 Å². The molecule has 0 unspecified atom stereocenters. The molecule has 1 heterocycles. The van der Waals surface area contributed by atoms with Gasteiger partial charge in [-0.25, -0.2) is 13.8 Å². The van der Waals surface area contributed by atoms with Crippen LogP contribution >= 0.6 is 11.6 Å². The molecule has 2 aromatic rings. The van der Waals surface area contributed by atoms with Crippen molar-refractivity contribution in [1.82, 2.24) is 9.73 Å². The largest absolute Gasteiger partial charge is 0.288 e. The number of piperidine rings is 1. The van der Waals surface area contributed by atoms with Crippen LogP contribution < -0.4 is 5.43 Å². The van der Waals surface area contributed by atoms with Crippen LogP contribution in [-0.4, -0.2) is 42.9 Å². The molecule has 1 N–H and O–H groups in total. The van der Waals surface area contributed by atoms with Crippen LogP contribution in [0.15, 0.2) is 52.5 Å². The number of sulfonamides is 1. The molecule has 0 aliphatic carbocycles. The van der Waals surface area contributed by atoms with Gasteiger partial charge in [-0.1, -0.05) is 30.2 Å². The SMILES string of the molecule is O=C(N/N=C\c1ccc(Cl)c([N+](=O)[O-])c1)c1cccc(S(=O)(=O)N2CCCCC2)c1. The Hall–Kier alpha value is -2.82. The number of carbonyl (C=O) groups excluding carboxylic acids is 1. The van der Waals surface area contributed by atoms with Gasteiger partial charge in [0.2, 0.25) is 10.0 Å². The van der Waals surface area contributed by atoms with Gasteiger partial charge in [-0.2, -0.15) is 9.41 Å². The van der Waals surface area contributed by atoms with Crippen molar-refractivity contribution in [3.05, 3.63) is 68.7 Å². The van der Waals surface area contributed by atoms with E-state index < -0.39 is 20.9 Å². The summed E-state index contributed by atoms with van der Waals surface area (Å²) < 4.78 is 27.0. The zero-order valence-corrected chi connectivity index (χ0v) is 17.4. The van der Waals surface area contributed by atoms with Crippen molar-refractivity contribution in [2.24, 2.45) is 5.10 Å². The first-order chi connectivity index (χ1) is 14.3. The molecule has 30 heavy (non-hydrogen) atoms. The maximum atomic E-state index is 12.8. The fraction of sp³-hybridized carbons (Fsp3) is 0.263. The van der Waals surface area contributed by atoms with Crippen molar-refractivity contribution in [2.75, 3.05) is 13.1 Å². The molecule has 1 saturated heterocycles. The molecule has 1 fully saturated rings. The van der Waals surface area contributed by atoms with Crippen LogP contribution in [0.1, 0.15) is 35.2 Å². The summed E-state index contributed by atoms with van der Waals surface area (Å²) in [5.74, 6) is -0.606. The number of hydrogen-bond acceptors (Lipinski definition) is 6. The number of carbonyl (C=O) groups is 1. The van der Waals surface area contributed by atoms with Crippen molar-refractivity contribution < 1.29 is 18.1 Å². The summed E-state index contributed by atoms with van der Waals surface area (Å²) in [7, 11) is -3.66. The Labute approximate surface area is 178 Å². The highest BCUT2D eigenvalue weighted by Gasteiger charge is 2.26. The monoisotopic (exact) mass is 450 g/mol. The van der Waals surface area contributed by atoms with Gasteiger partial charge in [-0.05, 0) is 37.1 Å². The van der Waals surface area contributed by atoms with E-state index in [4.69, 9.17) is 11.6 Å². The van der Waals surface area contributed by atoms with Gasteiger partial charge in [0.15, 0.2) is 0 Å². The summed E-state index contributed by atoms with van der Waals surface area (Å²) in [4.78, 5) is 22.7. The van der Waals surface area contributed by atoms with Crippen LogP contribution in [0.5, 0.6) is 0 Å². The van der Waals surface area contributed by atoms with Crippen LogP contribution in [-0.2, 0) is 10.0 Å². The Morgan fingerprint density at radius 1 is 1.17 bits per heavy atom. The molecule has 2 aromatic carbocycles. The second-order valence-corrected chi connectivity index (χ2v) is 9.00. The van der Waals surface area contributed by atoms with Crippen LogP contribution in [0.2, 0.25) is 5.02 Å². The van der Waals surface area contributed by atoms with E-state index in [0.29, 0.717) is 18.7 Å². The van der Waals surface area contributed by atoms with Gasteiger partial charge >= 0.3 is 0 Å². The fourth-order valence-corrected chi connectivity index (χ4v) is 4.78. The minimum atomic E-state index is -3.66. The van der Waals surface area contributed by atoms with Gasteiger partial charge < -0.3 is 0 Å². The number of rotatable bonds is 6. The molecule has 3 rings (SSSR count). The summed E-state index contributed by atoms with van der Waals surface area (Å²) >= 11 is 5.75. The molecule has 11 heteroatoms. The van der Waals surface area contributed by atoms with Crippen molar-refractivity contribution in [3.8, 4) is 0 Å². The van der Waals surface area contributed by atoms with Crippen molar-refractivity contribution in [1.29, 1.82) is 0 Å². The first-order valence-corrected chi connectivity index (χ1v) is 11.0. The van der Waals surface area contributed by atoms with E-state index in [0.717, 1.165) is 19.3 Å². The molecule has 158 valence electrons. The third-order valence-electron chi connectivity index (χ3n) is 4.60. The molecule has 1 amide bonds. The predicted molar refractivity (Wildman–Crippen MR) is 112 cm³/mol. The summed E-state index contributed by atoms with van der Waals surface area (Å²) in [6.45, 7) is 0.937. The average molecular weight is 451 g/mol. The topological polar surface area (TPSA) is 122 Å². The van der Waals surface area contributed by atoms with Gasteiger partial charge in [0.05, 0.1) is 16.0 Å². The highest BCUT2D eigenvalue weighted by Crippen LogP contribution is 2.24. The number of nitro benzene ring substituents is 1. The van der Waals surface area contributed by atoms with Crippen LogP contribution in [0.3, 0.4) is 0 Å². The van der Waals surface area contributed by atoms with Crippen molar-refractivity contribution in [2.45, 2.75) is 24.2 Å². The summed E-state index contributed by atoms with van der Waals surface area (Å²) in [6.07, 6.45) is 3.87. The molecule has 0 spiro atoms. The molecule has 0 saturated carbocycles.